The van der Waals surface area contributed by atoms with Gasteiger partial charge in [-0.15, -0.1) is 5.10 Å². The second kappa shape index (κ2) is 8.11. The smallest absolute Gasteiger partial charge is 0.255 e. The predicted molar refractivity (Wildman–Crippen MR) is 124 cm³/mol. The Kier molecular flexibility index (Phi) is 4.99. The maximum Gasteiger partial charge on any atom is 0.255 e. The van der Waals surface area contributed by atoms with Crippen LogP contribution in [0, 0.1) is 6.92 Å². The van der Waals surface area contributed by atoms with Gasteiger partial charge in [-0.3, -0.25) is 9.78 Å². The van der Waals surface area contributed by atoms with Crippen LogP contribution < -0.4 is 10.6 Å². The van der Waals surface area contributed by atoms with Crippen molar-refractivity contribution in [3.05, 3.63) is 102 Å². The van der Waals surface area contributed by atoms with Crippen LogP contribution in [0.15, 0.2) is 90.4 Å². The quantitative estimate of drug-likeness (QED) is 0.503. The highest BCUT2D eigenvalue weighted by molar-refractivity contribution is 6.05. The summed E-state index contributed by atoms with van der Waals surface area (Å²) in [6.07, 6.45) is 3.29. The minimum absolute atomic E-state index is 0.213. The second-order valence-electron chi connectivity index (χ2n) is 7.75. The predicted octanol–water partition coefficient (Wildman–Crippen LogP) is 4.58. The summed E-state index contributed by atoms with van der Waals surface area (Å²) in [6.45, 7) is 3.93. The van der Waals surface area contributed by atoms with Gasteiger partial charge in [-0.05, 0) is 37.6 Å². The SMILES string of the molecule is CC1=C(C(=O)Nc2cccnc2)C(c2ccccc2)n2nc(-c3cccc(C)c3)nc2N1. The van der Waals surface area contributed by atoms with Crippen LogP contribution in [0.5, 0.6) is 0 Å². The third-order valence-corrected chi connectivity index (χ3v) is 5.41. The Labute approximate surface area is 185 Å². The summed E-state index contributed by atoms with van der Waals surface area (Å²) < 4.78 is 1.79. The van der Waals surface area contributed by atoms with E-state index in [1.807, 2.05) is 68.4 Å². The summed E-state index contributed by atoms with van der Waals surface area (Å²) in [6, 6.07) is 21.1. The molecule has 0 radical (unpaired) electrons. The minimum atomic E-state index is -0.421. The molecule has 2 aromatic heterocycles. The van der Waals surface area contributed by atoms with Gasteiger partial charge in [0, 0.05) is 17.5 Å². The van der Waals surface area contributed by atoms with Crippen LogP contribution in [-0.2, 0) is 4.79 Å². The molecule has 7 heteroatoms. The minimum Gasteiger partial charge on any atom is -0.328 e. The van der Waals surface area contributed by atoms with Crippen molar-refractivity contribution in [2.45, 2.75) is 19.9 Å². The Morgan fingerprint density at radius 2 is 1.88 bits per heavy atom. The number of fused-ring (bicyclic) bond motifs is 1. The van der Waals surface area contributed by atoms with Crippen LogP contribution >= 0.6 is 0 Å². The molecule has 0 fully saturated rings. The molecule has 2 aromatic carbocycles. The van der Waals surface area contributed by atoms with Crippen LogP contribution in [0.3, 0.4) is 0 Å². The number of allylic oxidation sites excluding steroid dienone is 1. The number of aryl methyl sites for hydroxylation is 1. The summed E-state index contributed by atoms with van der Waals surface area (Å²) in [4.78, 5) is 22.2. The van der Waals surface area contributed by atoms with Crippen molar-refractivity contribution >= 4 is 17.5 Å². The number of nitrogens with zero attached hydrogens (tertiary/aromatic N) is 4. The number of pyridine rings is 1. The maximum absolute atomic E-state index is 13.4. The molecule has 5 rings (SSSR count). The first-order chi connectivity index (χ1) is 15.6. The highest BCUT2D eigenvalue weighted by Crippen LogP contribution is 2.36. The number of carbonyl (C=O) groups is 1. The Morgan fingerprint density at radius 3 is 2.62 bits per heavy atom. The zero-order valence-electron chi connectivity index (χ0n) is 17.8. The van der Waals surface area contributed by atoms with Crippen molar-refractivity contribution in [1.82, 2.24) is 19.7 Å². The molecule has 1 atom stereocenters. The van der Waals surface area contributed by atoms with Gasteiger partial charge in [-0.25, -0.2) is 4.68 Å². The number of aromatic nitrogens is 4. The molecule has 32 heavy (non-hydrogen) atoms. The van der Waals surface area contributed by atoms with Gasteiger partial charge < -0.3 is 10.6 Å². The lowest BCUT2D eigenvalue weighted by molar-refractivity contribution is -0.113. The van der Waals surface area contributed by atoms with Crippen LogP contribution in [0.1, 0.15) is 24.1 Å². The zero-order valence-corrected chi connectivity index (χ0v) is 17.8. The van der Waals surface area contributed by atoms with Gasteiger partial charge in [0.05, 0.1) is 17.5 Å². The number of amides is 1. The van der Waals surface area contributed by atoms with E-state index in [0.29, 0.717) is 23.0 Å². The molecular formula is C25H22N6O. The van der Waals surface area contributed by atoms with Crippen molar-refractivity contribution < 1.29 is 4.79 Å². The average Bonchev–Trinajstić information content (AvgIpc) is 3.23. The molecule has 2 N–H and O–H groups in total. The van der Waals surface area contributed by atoms with Crippen molar-refractivity contribution in [3.63, 3.8) is 0 Å². The number of hydrogen-bond donors (Lipinski definition) is 2. The Bertz CT molecular complexity index is 1310. The third kappa shape index (κ3) is 3.65. The molecule has 0 bridgehead atoms. The van der Waals surface area contributed by atoms with E-state index in [1.165, 1.54) is 0 Å². The van der Waals surface area contributed by atoms with Crippen molar-refractivity contribution in [2.75, 3.05) is 10.6 Å². The summed E-state index contributed by atoms with van der Waals surface area (Å²) >= 11 is 0. The molecule has 7 nitrogen and oxygen atoms in total. The van der Waals surface area contributed by atoms with Gasteiger partial charge in [0.15, 0.2) is 5.82 Å². The molecular weight excluding hydrogens is 400 g/mol. The van der Waals surface area contributed by atoms with E-state index in [-0.39, 0.29) is 5.91 Å². The van der Waals surface area contributed by atoms with E-state index in [9.17, 15) is 4.79 Å². The monoisotopic (exact) mass is 422 g/mol. The molecule has 3 heterocycles. The first-order valence-corrected chi connectivity index (χ1v) is 10.4. The molecule has 0 saturated heterocycles. The first-order valence-electron chi connectivity index (χ1n) is 10.4. The molecule has 0 saturated carbocycles. The molecule has 0 aliphatic carbocycles. The average molecular weight is 422 g/mol. The first kappa shape index (κ1) is 19.7. The third-order valence-electron chi connectivity index (χ3n) is 5.41. The van der Waals surface area contributed by atoms with E-state index < -0.39 is 6.04 Å². The van der Waals surface area contributed by atoms with Gasteiger partial charge in [-0.1, -0.05) is 54.1 Å². The Morgan fingerprint density at radius 1 is 1.03 bits per heavy atom. The number of rotatable bonds is 4. The number of anilines is 2. The molecule has 0 spiro atoms. The lowest BCUT2D eigenvalue weighted by Gasteiger charge is -2.28. The van der Waals surface area contributed by atoms with E-state index >= 15 is 0 Å². The van der Waals surface area contributed by atoms with Gasteiger partial charge in [0.1, 0.15) is 6.04 Å². The second-order valence-corrected chi connectivity index (χ2v) is 7.75. The highest BCUT2D eigenvalue weighted by Gasteiger charge is 2.34. The van der Waals surface area contributed by atoms with Gasteiger partial charge >= 0.3 is 0 Å². The normalized spacial score (nSPS) is 15.1. The molecule has 1 aliphatic heterocycles. The number of carbonyl (C=O) groups excluding carboxylic acids is 1. The topological polar surface area (TPSA) is 84.7 Å². The largest absolute Gasteiger partial charge is 0.328 e. The van der Waals surface area contributed by atoms with Crippen molar-refractivity contribution in [3.8, 4) is 11.4 Å². The zero-order chi connectivity index (χ0) is 22.1. The number of hydrogen-bond acceptors (Lipinski definition) is 5. The molecule has 1 amide bonds. The standard InChI is InChI=1S/C25H22N6O/c1-16-8-6-11-19(14-16)23-29-25-27-17(2)21(24(32)28-20-12-7-13-26-15-20)22(31(25)30-23)18-9-4-3-5-10-18/h3-15,22H,1-2H3,(H,28,32)(H,27,29,30). The Hall–Kier alpha value is -4.26. The lowest BCUT2D eigenvalue weighted by Crippen LogP contribution is -2.31. The van der Waals surface area contributed by atoms with Crippen molar-refractivity contribution in [2.24, 2.45) is 0 Å². The van der Waals surface area contributed by atoms with Gasteiger partial charge in [0.2, 0.25) is 5.95 Å². The van der Waals surface area contributed by atoms with Gasteiger partial charge in [0.25, 0.3) is 5.91 Å². The Balaban J connectivity index is 1.60. The number of benzene rings is 2. The summed E-state index contributed by atoms with van der Waals surface area (Å²) in [7, 11) is 0. The highest BCUT2D eigenvalue weighted by atomic mass is 16.1. The maximum atomic E-state index is 13.4. The van der Waals surface area contributed by atoms with Crippen molar-refractivity contribution in [1.29, 1.82) is 0 Å². The lowest BCUT2D eigenvalue weighted by atomic mass is 9.95. The fourth-order valence-electron chi connectivity index (χ4n) is 3.93. The van der Waals surface area contributed by atoms with E-state index in [2.05, 4.69) is 21.7 Å². The molecule has 158 valence electrons. The van der Waals surface area contributed by atoms with E-state index in [4.69, 9.17) is 10.1 Å². The fourth-order valence-corrected chi connectivity index (χ4v) is 3.93. The van der Waals surface area contributed by atoms with E-state index in [1.54, 1.807) is 23.1 Å². The van der Waals surface area contributed by atoms with E-state index in [0.717, 1.165) is 22.4 Å². The van der Waals surface area contributed by atoms with Gasteiger partial charge in [-0.2, -0.15) is 4.98 Å². The molecule has 1 aliphatic rings. The molecule has 4 aromatic rings. The fraction of sp³-hybridized carbons (Fsp3) is 0.120. The van der Waals surface area contributed by atoms with Crippen LogP contribution in [0.25, 0.3) is 11.4 Å². The summed E-state index contributed by atoms with van der Waals surface area (Å²) in [5.41, 5.74) is 4.96. The molecule has 1 unspecified atom stereocenters. The number of nitrogens with one attached hydrogen (secondary N) is 2. The van der Waals surface area contributed by atoms with Crippen LogP contribution in [0.4, 0.5) is 11.6 Å². The summed E-state index contributed by atoms with van der Waals surface area (Å²) in [5.74, 6) is 1.000. The van der Waals surface area contributed by atoms with Crippen LogP contribution in [0.2, 0.25) is 0 Å². The van der Waals surface area contributed by atoms with Crippen LogP contribution in [-0.4, -0.2) is 25.7 Å². The summed E-state index contributed by atoms with van der Waals surface area (Å²) in [5, 5.41) is 11.0.